The zero-order chi connectivity index (χ0) is 40.3. The molecule has 14 nitrogen and oxygen atoms in total. The van der Waals surface area contributed by atoms with E-state index in [0.717, 1.165) is 100 Å². The van der Waals surface area contributed by atoms with Gasteiger partial charge >= 0.3 is 0 Å². The number of hydrogen-bond donors (Lipinski definition) is 3. The number of carbonyl (C=O) groups excluding carboxylic acids is 5. The van der Waals surface area contributed by atoms with E-state index in [1.54, 1.807) is 36.5 Å². The Labute approximate surface area is 342 Å². The van der Waals surface area contributed by atoms with Crippen molar-refractivity contribution in [2.24, 2.45) is 5.92 Å². The fourth-order valence-corrected chi connectivity index (χ4v) is 9.21. The van der Waals surface area contributed by atoms with Crippen molar-refractivity contribution in [3.05, 3.63) is 82.0 Å². The van der Waals surface area contributed by atoms with Crippen LogP contribution in [0.2, 0.25) is 5.02 Å². The van der Waals surface area contributed by atoms with Crippen molar-refractivity contribution in [3.63, 3.8) is 0 Å². The van der Waals surface area contributed by atoms with Gasteiger partial charge in [0.25, 0.3) is 17.7 Å². The molecule has 1 aromatic heterocycles. The number of nitriles is 1. The fraction of sp³-hybridized carbons (Fsp3) is 0.465. The molecule has 5 amide bonds. The Kier molecular flexibility index (Phi) is 11.6. The molecule has 0 spiro atoms. The highest BCUT2D eigenvalue weighted by atomic mass is 35.5. The van der Waals surface area contributed by atoms with Gasteiger partial charge in [-0.2, -0.15) is 5.26 Å². The van der Waals surface area contributed by atoms with Crippen LogP contribution in [0.15, 0.2) is 54.7 Å². The zero-order valence-corrected chi connectivity index (χ0v) is 33.0. The lowest BCUT2D eigenvalue weighted by atomic mass is 9.92. The maximum atomic E-state index is 13.3. The number of anilines is 2. The first-order valence-corrected chi connectivity index (χ1v) is 20.7. The molecule has 3 aromatic rings. The molecule has 4 aliphatic heterocycles. The minimum Gasteiger partial charge on any atom is -0.490 e. The SMILES string of the molecule is N#Cc1ccc(OC2CCC(NC(=O)c3ccc(N4CCC(CN5CCC[C@H](Nc6ccc7c(c6)C(=O)N(C6CCC(=O)NC6=O)C7=O)C5)CC4)nc3)CC2)cc1Cl. The summed E-state index contributed by atoms with van der Waals surface area (Å²) in [4.78, 5) is 74.0. The Morgan fingerprint density at radius 2 is 1.69 bits per heavy atom. The number of likely N-dealkylation sites (tertiary alicyclic amines) is 1. The molecule has 2 atom stereocenters. The van der Waals surface area contributed by atoms with Gasteiger partial charge < -0.3 is 25.2 Å². The third kappa shape index (κ3) is 8.66. The molecule has 3 saturated heterocycles. The predicted octanol–water partition coefficient (Wildman–Crippen LogP) is 4.92. The van der Waals surface area contributed by atoms with E-state index in [0.29, 0.717) is 27.8 Å². The minimum absolute atomic E-state index is 0.0326. The second-order valence-corrected chi connectivity index (χ2v) is 16.5. The van der Waals surface area contributed by atoms with E-state index in [9.17, 15) is 24.0 Å². The van der Waals surface area contributed by atoms with Gasteiger partial charge in [-0.05, 0) is 113 Å². The molecule has 3 N–H and O–H groups in total. The largest absolute Gasteiger partial charge is 0.490 e. The van der Waals surface area contributed by atoms with E-state index in [1.807, 2.05) is 18.2 Å². The van der Waals surface area contributed by atoms with Gasteiger partial charge in [-0.25, -0.2) is 4.98 Å². The highest BCUT2D eigenvalue weighted by Crippen LogP contribution is 2.32. The molecule has 1 aliphatic carbocycles. The summed E-state index contributed by atoms with van der Waals surface area (Å²) in [6.07, 6.45) is 9.30. The van der Waals surface area contributed by atoms with Gasteiger partial charge in [-0.15, -0.1) is 0 Å². The lowest BCUT2D eigenvalue weighted by Gasteiger charge is -2.39. The van der Waals surface area contributed by atoms with Crippen LogP contribution in [0.3, 0.4) is 0 Å². The standard InChI is InChI=1S/C43H47ClN8O6/c44-36-21-33(8-3-27(36)22-45)58-32-9-5-29(6-10-32)48-40(54)28-4-13-38(46-23-28)51-18-15-26(16-19-51)24-50-17-1-2-31(25-50)47-30-7-11-34-35(20-30)43(57)52(42(34)56)37-12-14-39(53)49-41(37)55/h3-4,7-8,11,13,20-21,23,26,29,31-32,37,47H,1-2,5-6,9-10,12,14-19,24-25H2,(H,48,54)(H,49,53,55)/t29?,31-,32?,37?/m0/s1. The van der Waals surface area contributed by atoms with Gasteiger partial charge in [0.05, 0.1) is 33.4 Å². The number of carbonyl (C=O) groups is 5. The number of nitrogens with one attached hydrogen (secondary N) is 3. The average Bonchev–Trinajstić information content (AvgIpc) is 3.47. The van der Waals surface area contributed by atoms with E-state index >= 15 is 0 Å². The van der Waals surface area contributed by atoms with Crippen molar-refractivity contribution in [3.8, 4) is 11.8 Å². The normalized spacial score (nSPS) is 24.2. The number of piperidine rings is 3. The Morgan fingerprint density at radius 3 is 2.41 bits per heavy atom. The van der Waals surface area contributed by atoms with Crippen molar-refractivity contribution in [2.75, 3.05) is 42.9 Å². The van der Waals surface area contributed by atoms with Crippen LogP contribution in [0, 0.1) is 17.2 Å². The van der Waals surface area contributed by atoms with Gasteiger partial charge in [0.2, 0.25) is 11.8 Å². The molecule has 4 fully saturated rings. The summed E-state index contributed by atoms with van der Waals surface area (Å²) in [5.74, 6) is -0.0451. The van der Waals surface area contributed by atoms with Crippen molar-refractivity contribution < 1.29 is 28.7 Å². The van der Waals surface area contributed by atoms with Gasteiger partial charge in [0.15, 0.2) is 0 Å². The Bertz CT molecular complexity index is 2130. The first-order valence-electron chi connectivity index (χ1n) is 20.3. The third-order valence-electron chi connectivity index (χ3n) is 12.2. The second kappa shape index (κ2) is 17.1. The molecule has 0 bridgehead atoms. The second-order valence-electron chi connectivity index (χ2n) is 16.1. The molecule has 1 unspecified atom stereocenters. The number of pyridine rings is 1. The molecule has 5 heterocycles. The molecule has 302 valence electrons. The van der Waals surface area contributed by atoms with Gasteiger partial charge in [0, 0.05) is 62.6 Å². The molecule has 5 aliphatic rings. The quantitative estimate of drug-likeness (QED) is 0.237. The fourth-order valence-electron chi connectivity index (χ4n) is 9.00. The third-order valence-corrected chi connectivity index (χ3v) is 12.5. The topological polar surface area (TPSA) is 177 Å². The summed E-state index contributed by atoms with van der Waals surface area (Å²) >= 11 is 6.15. The minimum atomic E-state index is -0.982. The number of amides is 5. The van der Waals surface area contributed by atoms with Crippen LogP contribution in [-0.2, 0) is 9.59 Å². The summed E-state index contributed by atoms with van der Waals surface area (Å²) in [7, 11) is 0. The summed E-state index contributed by atoms with van der Waals surface area (Å²) in [5, 5.41) is 18.5. The van der Waals surface area contributed by atoms with Gasteiger partial charge in [-0.1, -0.05) is 11.6 Å². The molecule has 0 radical (unpaired) electrons. The van der Waals surface area contributed by atoms with Crippen LogP contribution in [0.25, 0.3) is 0 Å². The number of benzene rings is 2. The van der Waals surface area contributed by atoms with Crippen molar-refractivity contribution in [1.82, 2.24) is 25.4 Å². The van der Waals surface area contributed by atoms with E-state index < -0.39 is 29.7 Å². The molecule has 58 heavy (non-hydrogen) atoms. The van der Waals surface area contributed by atoms with Crippen LogP contribution in [-0.4, -0.2) is 101 Å². The number of aromatic nitrogens is 1. The number of ether oxygens (including phenoxy) is 1. The van der Waals surface area contributed by atoms with E-state index in [-0.39, 0.29) is 48.1 Å². The van der Waals surface area contributed by atoms with Crippen LogP contribution < -0.4 is 25.6 Å². The summed E-state index contributed by atoms with van der Waals surface area (Å²) in [6.45, 7) is 4.72. The maximum absolute atomic E-state index is 13.3. The van der Waals surface area contributed by atoms with Crippen molar-refractivity contribution in [1.29, 1.82) is 5.26 Å². The first kappa shape index (κ1) is 39.3. The number of nitrogens with zero attached hydrogens (tertiary/aromatic N) is 5. The zero-order valence-electron chi connectivity index (χ0n) is 32.3. The Hall–Kier alpha value is -5.52. The van der Waals surface area contributed by atoms with Crippen molar-refractivity contribution in [2.45, 2.75) is 88.4 Å². The molecule has 1 saturated carbocycles. The molecular weight excluding hydrogens is 760 g/mol. The number of rotatable bonds is 10. The number of hydrogen-bond acceptors (Lipinski definition) is 11. The summed E-state index contributed by atoms with van der Waals surface area (Å²) < 4.78 is 6.09. The molecular formula is C43H47ClN8O6. The van der Waals surface area contributed by atoms with Crippen LogP contribution in [0.1, 0.15) is 101 Å². The Balaban J connectivity index is 0.763. The smallest absolute Gasteiger partial charge is 0.262 e. The summed E-state index contributed by atoms with van der Waals surface area (Å²) in [6, 6.07) is 15.4. The maximum Gasteiger partial charge on any atom is 0.262 e. The lowest BCUT2D eigenvalue weighted by molar-refractivity contribution is -0.136. The van der Waals surface area contributed by atoms with E-state index in [1.165, 1.54) is 0 Å². The average molecular weight is 807 g/mol. The number of halogens is 1. The number of imide groups is 2. The van der Waals surface area contributed by atoms with Crippen LogP contribution >= 0.6 is 11.6 Å². The van der Waals surface area contributed by atoms with Crippen LogP contribution in [0.4, 0.5) is 11.5 Å². The van der Waals surface area contributed by atoms with Crippen molar-refractivity contribution >= 4 is 52.6 Å². The van der Waals surface area contributed by atoms with E-state index in [4.69, 9.17) is 21.6 Å². The molecule has 8 rings (SSSR count). The molecule has 2 aromatic carbocycles. The Morgan fingerprint density at radius 1 is 0.897 bits per heavy atom. The first-order chi connectivity index (χ1) is 28.1. The monoisotopic (exact) mass is 806 g/mol. The molecule has 15 heteroatoms. The van der Waals surface area contributed by atoms with Gasteiger partial charge in [0.1, 0.15) is 23.7 Å². The highest BCUT2D eigenvalue weighted by molar-refractivity contribution is 6.31. The van der Waals surface area contributed by atoms with Crippen LogP contribution in [0.5, 0.6) is 5.75 Å². The van der Waals surface area contributed by atoms with E-state index in [2.05, 4.69) is 36.8 Å². The number of fused-ring (bicyclic) bond motifs is 1. The summed E-state index contributed by atoms with van der Waals surface area (Å²) in [5.41, 5.74) is 2.29. The lowest BCUT2D eigenvalue weighted by Crippen LogP contribution is -2.54. The highest BCUT2D eigenvalue weighted by Gasteiger charge is 2.44. The van der Waals surface area contributed by atoms with Gasteiger partial charge in [-0.3, -0.25) is 34.2 Å². The predicted molar refractivity (Wildman–Crippen MR) is 216 cm³/mol.